The zero-order valence-electron chi connectivity index (χ0n) is 13.8. The second-order valence-electron chi connectivity index (χ2n) is 6.63. The molecule has 124 valence electrons. The molecule has 1 aliphatic carbocycles. The van der Waals surface area contributed by atoms with Crippen LogP contribution >= 0.6 is 0 Å². The topological polar surface area (TPSA) is 0 Å². The highest BCUT2D eigenvalue weighted by molar-refractivity contribution is 5.64. The number of benzene rings is 2. The van der Waals surface area contributed by atoms with Crippen molar-refractivity contribution in [2.75, 3.05) is 0 Å². The molecule has 3 rings (SSSR count). The first-order chi connectivity index (χ1) is 10.8. The van der Waals surface area contributed by atoms with Crippen LogP contribution in [0.4, 0.5) is 0 Å². The van der Waals surface area contributed by atoms with E-state index in [0.717, 1.165) is 11.8 Å². The van der Waals surface area contributed by atoms with E-state index in [-0.39, 0.29) is 8.85 Å². The SMILES string of the molecule is C.C/C=C/C1CCC(c2ccc(-c3ccc(C)cc3)cc2)CC1.[HH]. The van der Waals surface area contributed by atoms with E-state index in [2.05, 4.69) is 74.5 Å². The van der Waals surface area contributed by atoms with Gasteiger partial charge in [-0.2, -0.15) is 0 Å². The Morgan fingerprint density at radius 1 is 0.826 bits per heavy atom. The maximum absolute atomic E-state index is 2.39. The molecule has 0 heterocycles. The maximum Gasteiger partial charge on any atom is 0 e. The summed E-state index contributed by atoms with van der Waals surface area (Å²) >= 11 is 0. The Kier molecular flexibility index (Phi) is 6.21. The third-order valence-electron chi connectivity index (χ3n) is 5.00. The Hall–Kier alpha value is -1.82. The van der Waals surface area contributed by atoms with Crippen LogP contribution in [0.1, 0.15) is 58.5 Å². The van der Waals surface area contributed by atoms with Gasteiger partial charge in [0.05, 0.1) is 0 Å². The second-order valence-corrected chi connectivity index (χ2v) is 6.63. The molecule has 0 aliphatic heterocycles. The van der Waals surface area contributed by atoms with Gasteiger partial charge < -0.3 is 0 Å². The lowest BCUT2D eigenvalue weighted by Crippen LogP contribution is -2.11. The van der Waals surface area contributed by atoms with E-state index in [0.29, 0.717) is 0 Å². The van der Waals surface area contributed by atoms with Crippen molar-refractivity contribution in [3.8, 4) is 11.1 Å². The molecule has 0 spiro atoms. The Balaban J connectivity index is 0.00000144. The molecule has 0 aromatic heterocycles. The molecule has 0 heteroatoms. The smallest absolute Gasteiger partial charge is 0 e. The zero-order valence-corrected chi connectivity index (χ0v) is 13.8. The molecule has 2 aromatic rings. The minimum absolute atomic E-state index is 0. The summed E-state index contributed by atoms with van der Waals surface area (Å²) in [6.07, 6.45) is 9.94. The molecule has 2 aromatic carbocycles. The van der Waals surface area contributed by atoms with Crippen LogP contribution < -0.4 is 0 Å². The van der Waals surface area contributed by atoms with Crippen molar-refractivity contribution in [2.24, 2.45) is 5.92 Å². The summed E-state index contributed by atoms with van der Waals surface area (Å²) in [7, 11) is 0. The van der Waals surface area contributed by atoms with Crippen molar-refractivity contribution in [3.63, 3.8) is 0 Å². The highest BCUT2D eigenvalue weighted by Crippen LogP contribution is 2.36. The second kappa shape index (κ2) is 8.15. The van der Waals surface area contributed by atoms with E-state index < -0.39 is 0 Å². The summed E-state index contributed by atoms with van der Waals surface area (Å²) in [4.78, 5) is 0. The highest BCUT2D eigenvalue weighted by atomic mass is 14.3. The third kappa shape index (κ3) is 4.34. The predicted molar refractivity (Wildman–Crippen MR) is 105 cm³/mol. The lowest BCUT2D eigenvalue weighted by Gasteiger charge is -2.27. The van der Waals surface area contributed by atoms with Crippen molar-refractivity contribution in [2.45, 2.75) is 52.9 Å². The van der Waals surface area contributed by atoms with Gasteiger partial charge in [-0.05, 0) is 68.1 Å². The summed E-state index contributed by atoms with van der Waals surface area (Å²) in [5, 5.41) is 0. The molecule has 0 saturated heterocycles. The molecule has 0 unspecified atom stereocenters. The average Bonchev–Trinajstić information content (AvgIpc) is 2.57. The first-order valence-corrected chi connectivity index (χ1v) is 8.56. The van der Waals surface area contributed by atoms with Gasteiger partial charge in [-0.1, -0.05) is 73.7 Å². The predicted octanol–water partition coefficient (Wildman–Crippen LogP) is 7.39. The number of allylic oxidation sites excluding steroid dienone is 2. The van der Waals surface area contributed by atoms with Gasteiger partial charge in [-0.15, -0.1) is 0 Å². The van der Waals surface area contributed by atoms with Crippen molar-refractivity contribution in [1.82, 2.24) is 0 Å². The van der Waals surface area contributed by atoms with Crippen LogP contribution in [0.3, 0.4) is 0 Å². The van der Waals surface area contributed by atoms with E-state index in [1.807, 2.05) is 0 Å². The van der Waals surface area contributed by atoms with Crippen molar-refractivity contribution >= 4 is 0 Å². The minimum atomic E-state index is 0. The fourth-order valence-electron chi connectivity index (χ4n) is 3.61. The van der Waals surface area contributed by atoms with E-state index >= 15 is 0 Å². The van der Waals surface area contributed by atoms with Crippen LogP contribution in [-0.2, 0) is 0 Å². The minimum Gasteiger partial charge on any atom is -0.0914 e. The molecule has 1 saturated carbocycles. The third-order valence-corrected chi connectivity index (χ3v) is 5.00. The van der Waals surface area contributed by atoms with Crippen molar-refractivity contribution < 1.29 is 1.43 Å². The fourth-order valence-corrected chi connectivity index (χ4v) is 3.61. The lowest BCUT2D eigenvalue weighted by atomic mass is 9.78. The van der Waals surface area contributed by atoms with Crippen LogP contribution in [0.2, 0.25) is 0 Å². The standard InChI is InChI=1S/C22H26.CH4.H2/c1-3-4-18-7-11-20(12-8-18)22-15-13-21(14-16-22)19-9-5-17(2)6-10-19;;/h3-6,9-10,13-16,18,20H,7-8,11-12H2,1-2H3;1H4;1H/b4-3+;;. The Morgan fingerprint density at radius 2 is 1.35 bits per heavy atom. The van der Waals surface area contributed by atoms with E-state index in [1.54, 1.807) is 0 Å². The van der Waals surface area contributed by atoms with Crippen LogP contribution in [-0.4, -0.2) is 0 Å². The van der Waals surface area contributed by atoms with Gasteiger partial charge in [0.2, 0.25) is 0 Å². The molecule has 0 N–H and O–H groups in total. The fraction of sp³-hybridized carbons (Fsp3) is 0.391. The molecule has 1 fully saturated rings. The number of hydrogen-bond donors (Lipinski definition) is 0. The average molecular weight is 309 g/mol. The largest absolute Gasteiger partial charge is 0.0914 e. The zero-order chi connectivity index (χ0) is 15.4. The number of rotatable bonds is 3. The summed E-state index contributed by atoms with van der Waals surface area (Å²) in [5.41, 5.74) is 5.48. The van der Waals surface area contributed by atoms with Crippen LogP contribution in [0.25, 0.3) is 11.1 Å². The van der Waals surface area contributed by atoms with E-state index in [4.69, 9.17) is 0 Å². The molecular weight excluding hydrogens is 276 g/mol. The summed E-state index contributed by atoms with van der Waals surface area (Å²) < 4.78 is 0. The number of aryl methyl sites for hydroxylation is 1. The van der Waals surface area contributed by atoms with Gasteiger partial charge >= 0.3 is 0 Å². The molecule has 0 amide bonds. The molecule has 0 bridgehead atoms. The van der Waals surface area contributed by atoms with Crippen molar-refractivity contribution in [3.05, 3.63) is 71.8 Å². The highest BCUT2D eigenvalue weighted by Gasteiger charge is 2.20. The molecule has 0 nitrogen and oxygen atoms in total. The van der Waals surface area contributed by atoms with Gasteiger partial charge in [0, 0.05) is 1.43 Å². The Labute approximate surface area is 143 Å². The quantitative estimate of drug-likeness (QED) is 0.518. The molecule has 1 aliphatic rings. The molecule has 23 heavy (non-hydrogen) atoms. The van der Waals surface area contributed by atoms with Crippen LogP contribution in [0, 0.1) is 12.8 Å². The van der Waals surface area contributed by atoms with E-state index in [1.165, 1.54) is 47.9 Å². The van der Waals surface area contributed by atoms with Gasteiger partial charge in [0.1, 0.15) is 0 Å². The normalized spacial score (nSPS) is 21.1. The first kappa shape index (κ1) is 17.5. The van der Waals surface area contributed by atoms with E-state index in [9.17, 15) is 0 Å². The summed E-state index contributed by atoms with van der Waals surface area (Å²) in [5.74, 6) is 1.57. The van der Waals surface area contributed by atoms with Gasteiger partial charge in [0.25, 0.3) is 0 Å². The summed E-state index contributed by atoms with van der Waals surface area (Å²) in [6.45, 7) is 4.27. The maximum atomic E-state index is 2.39. The van der Waals surface area contributed by atoms with Crippen LogP contribution in [0.15, 0.2) is 60.7 Å². The number of hydrogen-bond acceptors (Lipinski definition) is 0. The monoisotopic (exact) mass is 308 g/mol. The summed E-state index contributed by atoms with van der Waals surface area (Å²) in [6, 6.07) is 18.1. The molecular formula is C23H32. The van der Waals surface area contributed by atoms with Gasteiger partial charge in [0.15, 0.2) is 0 Å². The first-order valence-electron chi connectivity index (χ1n) is 8.56. The lowest BCUT2D eigenvalue weighted by molar-refractivity contribution is 0.376. The van der Waals surface area contributed by atoms with Gasteiger partial charge in [-0.3, -0.25) is 0 Å². The molecule has 0 atom stereocenters. The Bertz CT molecular complexity index is 614. The molecule has 0 radical (unpaired) electrons. The van der Waals surface area contributed by atoms with Crippen LogP contribution in [0.5, 0.6) is 0 Å². The van der Waals surface area contributed by atoms with Crippen molar-refractivity contribution in [1.29, 1.82) is 0 Å². The Morgan fingerprint density at radius 3 is 1.87 bits per heavy atom. The van der Waals surface area contributed by atoms with Gasteiger partial charge in [-0.25, -0.2) is 0 Å².